The Hall–Kier alpha value is -1.48. The number of hydrogen-bond acceptors (Lipinski definition) is 5. The van der Waals surface area contributed by atoms with E-state index in [-0.39, 0.29) is 16.8 Å². The maximum absolute atomic E-state index is 13.0. The van der Waals surface area contributed by atoms with Crippen LogP contribution in [0.15, 0.2) is 23.1 Å². The Balaban J connectivity index is 1.86. The van der Waals surface area contributed by atoms with E-state index in [0.29, 0.717) is 37.4 Å². The topological polar surface area (TPSA) is 79.0 Å². The van der Waals surface area contributed by atoms with Crippen LogP contribution in [0.2, 0.25) is 0 Å². The van der Waals surface area contributed by atoms with E-state index >= 15 is 0 Å². The summed E-state index contributed by atoms with van der Waals surface area (Å²) >= 11 is 0. The zero-order valence-corrected chi connectivity index (χ0v) is 16.2. The molecule has 1 aromatic rings. The van der Waals surface area contributed by atoms with Crippen molar-refractivity contribution in [2.45, 2.75) is 30.7 Å². The molecule has 0 saturated carbocycles. The van der Waals surface area contributed by atoms with Gasteiger partial charge in [0.15, 0.2) is 0 Å². The van der Waals surface area contributed by atoms with Gasteiger partial charge in [0.25, 0.3) is 5.91 Å². The van der Waals surface area contributed by atoms with Crippen LogP contribution in [0.25, 0.3) is 0 Å². The van der Waals surface area contributed by atoms with Gasteiger partial charge in [0, 0.05) is 31.7 Å². The third-order valence-corrected chi connectivity index (χ3v) is 7.24. The van der Waals surface area contributed by atoms with Crippen LogP contribution in [-0.4, -0.2) is 76.0 Å². The first kappa shape index (κ1) is 19.3. The lowest BCUT2D eigenvalue weighted by molar-refractivity contribution is 0.0702. The van der Waals surface area contributed by atoms with Crippen LogP contribution in [0.1, 0.15) is 28.8 Å². The van der Waals surface area contributed by atoms with E-state index in [4.69, 9.17) is 4.74 Å². The average molecular weight is 381 g/mol. The van der Waals surface area contributed by atoms with Gasteiger partial charge in [0.2, 0.25) is 10.0 Å². The minimum atomic E-state index is -3.63. The lowest BCUT2D eigenvalue weighted by Gasteiger charge is -2.32. The smallest absolute Gasteiger partial charge is 0.253 e. The fraction of sp³-hybridized carbons (Fsp3) is 0.611. The first-order valence-corrected chi connectivity index (χ1v) is 10.5. The standard InChI is InChI=1S/C18H27N3O4S/c1-14-3-4-15(18(22)20(2)16-5-7-19-8-6-16)13-17(14)26(23,24)21-9-11-25-12-10-21/h3-4,13,16,19H,5-12H2,1-2H3. The molecule has 2 saturated heterocycles. The van der Waals surface area contributed by atoms with Gasteiger partial charge in [0.05, 0.1) is 18.1 Å². The number of morpholine rings is 1. The first-order chi connectivity index (χ1) is 12.4. The summed E-state index contributed by atoms with van der Waals surface area (Å²) in [4.78, 5) is 14.8. The van der Waals surface area contributed by atoms with Crippen LogP contribution >= 0.6 is 0 Å². The minimum Gasteiger partial charge on any atom is -0.379 e. The summed E-state index contributed by atoms with van der Waals surface area (Å²) in [6, 6.07) is 5.15. The molecule has 0 atom stereocenters. The van der Waals surface area contributed by atoms with E-state index < -0.39 is 10.0 Å². The number of hydrogen-bond donors (Lipinski definition) is 1. The zero-order chi connectivity index (χ0) is 18.7. The molecule has 0 unspecified atom stereocenters. The normalized spacial score (nSPS) is 20.1. The average Bonchev–Trinajstić information content (AvgIpc) is 2.68. The summed E-state index contributed by atoms with van der Waals surface area (Å²) in [6.07, 6.45) is 1.82. The van der Waals surface area contributed by atoms with Gasteiger partial charge >= 0.3 is 0 Å². The SMILES string of the molecule is Cc1ccc(C(=O)N(C)C2CCNCC2)cc1S(=O)(=O)N1CCOCC1. The van der Waals surface area contributed by atoms with Crippen molar-refractivity contribution in [3.05, 3.63) is 29.3 Å². The number of amides is 1. The Labute approximate surface area is 155 Å². The van der Waals surface area contributed by atoms with Gasteiger partial charge < -0.3 is 15.0 Å². The number of carbonyl (C=O) groups excluding carboxylic acids is 1. The Morgan fingerprint density at radius 2 is 1.88 bits per heavy atom. The molecule has 2 fully saturated rings. The van der Waals surface area contributed by atoms with Gasteiger partial charge in [-0.1, -0.05) is 6.07 Å². The van der Waals surface area contributed by atoms with Crippen molar-refractivity contribution in [2.75, 3.05) is 46.4 Å². The number of piperidine rings is 1. The highest BCUT2D eigenvalue weighted by atomic mass is 32.2. The van der Waals surface area contributed by atoms with Crippen molar-refractivity contribution in [2.24, 2.45) is 0 Å². The molecule has 1 amide bonds. The molecular formula is C18H27N3O4S. The molecule has 8 heteroatoms. The zero-order valence-electron chi connectivity index (χ0n) is 15.4. The molecule has 0 radical (unpaired) electrons. The second-order valence-electron chi connectivity index (χ2n) is 6.89. The molecule has 2 aliphatic heterocycles. The first-order valence-electron chi connectivity index (χ1n) is 9.07. The molecular weight excluding hydrogens is 354 g/mol. The number of carbonyl (C=O) groups is 1. The van der Waals surface area contributed by atoms with Crippen molar-refractivity contribution in [3.63, 3.8) is 0 Å². The van der Waals surface area contributed by atoms with Gasteiger partial charge in [-0.15, -0.1) is 0 Å². The number of ether oxygens (including phenoxy) is 1. The predicted octanol–water partition coefficient (Wildman–Crippen LogP) is 0.840. The second kappa shape index (κ2) is 8.04. The molecule has 0 spiro atoms. The molecule has 0 aliphatic carbocycles. The van der Waals surface area contributed by atoms with Gasteiger partial charge in [-0.2, -0.15) is 4.31 Å². The molecule has 2 heterocycles. The Morgan fingerprint density at radius 1 is 1.23 bits per heavy atom. The van der Waals surface area contributed by atoms with Crippen LogP contribution in [0, 0.1) is 6.92 Å². The van der Waals surface area contributed by atoms with Crippen molar-refractivity contribution in [3.8, 4) is 0 Å². The Morgan fingerprint density at radius 3 is 2.54 bits per heavy atom. The number of rotatable bonds is 4. The molecule has 0 aromatic heterocycles. The Bertz CT molecular complexity index is 754. The summed E-state index contributed by atoms with van der Waals surface area (Å²) in [5.41, 5.74) is 1.07. The number of nitrogens with zero attached hydrogens (tertiary/aromatic N) is 2. The summed E-state index contributed by atoms with van der Waals surface area (Å²) in [5.74, 6) is -0.129. The van der Waals surface area contributed by atoms with E-state index in [1.807, 2.05) is 0 Å². The highest BCUT2D eigenvalue weighted by Crippen LogP contribution is 2.23. The molecule has 0 bridgehead atoms. The second-order valence-corrected chi connectivity index (χ2v) is 8.80. The van der Waals surface area contributed by atoms with Gasteiger partial charge in [-0.05, 0) is 50.6 Å². The Kier molecular flexibility index (Phi) is 5.96. The van der Waals surface area contributed by atoms with E-state index in [1.165, 1.54) is 10.4 Å². The van der Waals surface area contributed by atoms with E-state index in [9.17, 15) is 13.2 Å². The van der Waals surface area contributed by atoms with Gasteiger partial charge in [0.1, 0.15) is 0 Å². The lowest BCUT2D eigenvalue weighted by atomic mass is 10.0. The largest absolute Gasteiger partial charge is 0.379 e. The van der Waals surface area contributed by atoms with Crippen LogP contribution in [-0.2, 0) is 14.8 Å². The van der Waals surface area contributed by atoms with Crippen molar-refractivity contribution >= 4 is 15.9 Å². The molecule has 1 aromatic carbocycles. The molecule has 26 heavy (non-hydrogen) atoms. The summed E-state index contributed by atoms with van der Waals surface area (Å²) in [5, 5.41) is 3.29. The van der Waals surface area contributed by atoms with Crippen molar-refractivity contribution in [1.29, 1.82) is 0 Å². The van der Waals surface area contributed by atoms with Crippen molar-refractivity contribution in [1.82, 2.24) is 14.5 Å². The van der Waals surface area contributed by atoms with Gasteiger partial charge in [-0.25, -0.2) is 8.42 Å². The summed E-state index contributed by atoms with van der Waals surface area (Å²) in [6.45, 7) is 5.03. The van der Waals surface area contributed by atoms with Crippen LogP contribution in [0.4, 0.5) is 0 Å². The van der Waals surface area contributed by atoms with E-state index in [1.54, 1.807) is 31.0 Å². The van der Waals surface area contributed by atoms with Crippen LogP contribution < -0.4 is 5.32 Å². The van der Waals surface area contributed by atoms with E-state index in [0.717, 1.165) is 25.9 Å². The third-order valence-electron chi connectivity index (χ3n) is 5.20. The van der Waals surface area contributed by atoms with Gasteiger partial charge in [-0.3, -0.25) is 4.79 Å². The maximum Gasteiger partial charge on any atom is 0.253 e. The van der Waals surface area contributed by atoms with Crippen LogP contribution in [0.5, 0.6) is 0 Å². The number of benzene rings is 1. The summed E-state index contributed by atoms with van der Waals surface area (Å²) < 4.78 is 32.7. The lowest BCUT2D eigenvalue weighted by Crippen LogP contribution is -2.44. The highest BCUT2D eigenvalue weighted by molar-refractivity contribution is 7.89. The van der Waals surface area contributed by atoms with E-state index in [2.05, 4.69) is 5.32 Å². The monoisotopic (exact) mass is 381 g/mol. The molecule has 7 nitrogen and oxygen atoms in total. The quantitative estimate of drug-likeness (QED) is 0.836. The molecule has 2 aliphatic rings. The molecule has 1 N–H and O–H groups in total. The molecule has 3 rings (SSSR count). The highest BCUT2D eigenvalue weighted by Gasteiger charge is 2.29. The van der Waals surface area contributed by atoms with Crippen molar-refractivity contribution < 1.29 is 17.9 Å². The number of nitrogens with one attached hydrogen (secondary N) is 1. The van der Waals surface area contributed by atoms with Crippen LogP contribution in [0.3, 0.4) is 0 Å². The fourth-order valence-electron chi connectivity index (χ4n) is 3.50. The number of aryl methyl sites for hydroxylation is 1. The number of sulfonamides is 1. The fourth-order valence-corrected chi connectivity index (χ4v) is 5.16. The predicted molar refractivity (Wildman–Crippen MR) is 98.7 cm³/mol. The molecule has 144 valence electrons. The third kappa shape index (κ3) is 3.93. The minimum absolute atomic E-state index is 0.129. The summed E-state index contributed by atoms with van der Waals surface area (Å²) in [7, 11) is -1.83. The maximum atomic E-state index is 13.0.